The van der Waals surface area contributed by atoms with Gasteiger partial charge in [-0.2, -0.15) is 0 Å². The van der Waals surface area contributed by atoms with Crippen molar-refractivity contribution in [2.24, 2.45) is 5.92 Å². The van der Waals surface area contributed by atoms with Crippen molar-refractivity contribution in [1.29, 1.82) is 0 Å². The van der Waals surface area contributed by atoms with Gasteiger partial charge in [0.2, 0.25) is 0 Å². The van der Waals surface area contributed by atoms with Gasteiger partial charge in [-0.3, -0.25) is 0 Å². The summed E-state index contributed by atoms with van der Waals surface area (Å²) in [6.45, 7) is 0. The summed E-state index contributed by atoms with van der Waals surface area (Å²) in [5.41, 5.74) is 0.543. The van der Waals surface area contributed by atoms with E-state index in [2.05, 4.69) is 15.6 Å². The van der Waals surface area contributed by atoms with Gasteiger partial charge >= 0.3 is 6.03 Å². The number of aromatic nitrogens is 1. The first-order valence-electron chi connectivity index (χ1n) is 6.98. The second kappa shape index (κ2) is 6.54. The van der Waals surface area contributed by atoms with Gasteiger partial charge in [0.15, 0.2) is 5.75 Å². The van der Waals surface area contributed by atoms with Gasteiger partial charge in [-0.05, 0) is 30.9 Å². The van der Waals surface area contributed by atoms with E-state index in [9.17, 15) is 4.79 Å². The van der Waals surface area contributed by atoms with E-state index in [1.54, 1.807) is 35.7 Å². The summed E-state index contributed by atoms with van der Waals surface area (Å²) >= 11 is 7.61. The maximum Gasteiger partial charge on any atom is 0.319 e. The zero-order chi connectivity index (χ0) is 15.5. The largest absolute Gasteiger partial charge is 0.493 e. The lowest BCUT2D eigenvalue weighted by Crippen LogP contribution is -2.33. The van der Waals surface area contributed by atoms with Gasteiger partial charge in [0.1, 0.15) is 5.01 Å². The van der Waals surface area contributed by atoms with Gasteiger partial charge in [0.05, 0.1) is 23.9 Å². The third-order valence-electron chi connectivity index (χ3n) is 3.52. The summed E-state index contributed by atoms with van der Waals surface area (Å²) in [7, 11) is 1.52. The lowest BCUT2D eigenvalue weighted by Gasteiger charge is -2.17. The number of anilines is 1. The van der Waals surface area contributed by atoms with Crippen molar-refractivity contribution < 1.29 is 9.53 Å². The van der Waals surface area contributed by atoms with Crippen LogP contribution < -0.4 is 15.4 Å². The molecule has 0 unspecified atom stereocenters. The summed E-state index contributed by atoms with van der Waals surface area (Å²) in [5, 5.41) is 9.11. The van der Waals surface area contributed by atoms with Gasteiger partial charge in [-0.1, -0.05) is 17.7 Å². The molecule has 1 aliphatic rings. The molecule has 0 aliphatic heterocycles. The molecule has 0 saturated heterocycles. The Bertz CT molecular complexity index is 659. The maximum absolute atomic E-state index is 12.3. The van der Waals surface area contributed by atoms with Crippen LogP contribution in [0.2, 0.25) is 5.02 Å². The summed E-state index contributed by atoms with van der Waals surface area (Å²) < 4.78 is 5.23. The van der Waals surface area contributed by atoms with Crippen molar-refractivity contribution in [2.75, 3.05) is 12.4 Å². The van der Waals surface area contributed by atoms with Crippen molar-refractivity contribution in [1.82, 2.24) is 10.3 Å². The van der Waals surface area contributed by atoms with Crippen LogP contribution in [-0.4, -0.2) is 18.1 Å². The quantitative estimate of drug-likeness (QED) is 0.864. The summed E-state index contributed by atoms with van der Waals surface area (Å²) in [6.07, 6.45) is 3.99. The fraction of sp³-hybridized carbons (Fsp3) is 0.333. The molecule has 5 nitrogen and oxygen atoms in total. The van der Waals surface area contributed by atoms with Crippen LogP contribution in [0.15, 0.2) is 29.8 Å². The first-order chi connectivity index (χ1) is 10.7. The Hall–Kier alpha value is -1.79. The van der Waals surface area contributed by atoms with Gasteiger partial charge in [0, 0.05) is 11.6 Å². The minimum absolute atomic E-state index is 0.0369. The number of amides is 2. The molecule has 1 aliphatic carbocycles. The number of thiazole rings is 1. The van der Waals surface area contributed by atoms with Crippen molar-refractivity contribution in [3.8, 4) is 5.75 Å². The number of methoxy groups -OCH3 is 1. The average molecular weight is 338 g/mol. The third-order valence-corrected chi connectivity index (χ3v) is 4.67. The molecule has 2 N–H and O–H groups in total. The summed E-state index contributed by atoms with van der Waals surface area (Å²) in [4.78, 5) is 16.6. The number of carbonyl (C=O) groups is 1. The number of hydrogen-bond donors (Lipinski definition) is 2. The number of benzene rings is 1. The zero-order valence-corrected chi connectivity index (χ0v) is 13.6. The molecule has 1 fully saturated rings. The number of nitrogens with one attached hydrogen (secondary N) is 2. The highest BCUT2D eigenvalue weighted by Gasteiger charge is 2.35. The van der Waals surface area contributed by atoms with E-state index < -0.39 is 0 Å². The Balaban J connectivity index is 1.71. The molecule has 2 aromatic rings. The smallest absolute Gasteiger partial charge is 0.319 e. The number of para-hydroxylation sites is 1. The van der Waals surface area contributed by atoms with E-state index in [1.807, 2.05) is 5.38 Å². The first-order valence-corrected chi connectivity index (χ1v) is 8.24. The lowest BCUT2D eigenvalue weighted by molar-refractivity contribution is 0.247. The lowest BCUT2D eigenvalue weighted by atomic mass is 10.2. The van der Waals surface area contributed by atoms with Crippen LogP contribution in [0, 0.1) is 5.92 Å². The third kappa shape index (κ3) is 3.34. The van der Waals surface area contributed by atoms with Crippen LogP contribution in [0.25, 0.3) is 0 Å². The Morgan fingerprint density at radius 3 is 2.95 bits per heavy atom. The normalized spacial score (nSPS) is 15.2. The molecular weight excluding hydrogens is 322 g/mol. The highest BCUT2D eigenvalue weighted by molar-refractivity contribution is 7.09. The molecule has 2 amide bonds. The molecule has 1 atom stereocenters. The minimum atomic E-state index is -0.285. The Morgan fingerprint density at radius 2 is 2.32 bits per heavy atom. The molecule has 1 aromatic heterocycles. The maximum atomic E-state index is 12.3. The van der Waals surface area contributed by atoms with Crippen LogP contribution in [-0.2, 0) is 0 Å². The molecule has 3 rings (SSSR count). The van der Waals surface area contributed by atoms with Crippen LogP contribution >= 0.6 is 22.9 Å². The molecule has 1 heterocycles. The molecule has 1 aromatic carbocycles. The van der Waals surface area contributed by atoms with E-state index >= 15 is 0 Å². The van der Waals surface area contributed by atoms with E-state index in [0.717, 1.165) is 17.8 Å². The molecule has 0 radical (unpaired) electrons. The molecule has 22 heavy (non-hydrogen) atoms. The van der Waals surface area contributed by atoms with Crippen LogP contribution in [0.3, 0.4) is 0 Å². The molecule has 0 spiro atoms. The van der Waals surface area contributed by atoms with E-state index in [-0.39, 0.29) is 12.1 Å². The van der Waals surface area contributed by atoms with Crippen LogP contribution in [0.1, 0.15) is 23.9 Å². The molecule has 0 bridgehead atoms. The summed E-state index contributed by atoms with van der Waals surface area (Å²) in [5.74, 6) is 0.926. The second-order valence-electron chi connectivity index (χ2n) is 5.10. The number of hydrogen-bond acceptors (Lipinski definition) is 4. The Kier molecular flexibility index (Phi) is 4.49. The summed E-state index contributed by atoms with van der Waals surface area (Å²) in [6, 6.07) is 4.91. The van der Waals surface area contributed by atoms with Gasteiger partial charge in [-0.25, -0.2) is 9.78 Å². The molecule has 7 heteroatoms. The predicted octanol–water partition coefficient (Wildman–Crippen LogP) is 4.08. The number of rotatable bonds is 5. The van der Waals surface area contributed by atoms with E-state index in [0.29, 0.717) is 22.4 Å². The van der Waals surface area contributed by atoms with Gasteiger partial charge < -0.3 is 15.4 Å². The van der Waals surface area contributed by atoms with Gasteiger partial charge in [-0.15, -0.1) is 11.3 Å². The second-order valence-corrected chi connectivity index (χ2v) is 6.44. The number of urea groups is 1. The number of ether oxygens (including phenoxy) is 1. The van der Waals surface area contributed by atoms with Crippen molar-refractivity contribution in [2.45, 2.75) is 18.9 Å². The number of nitrogens with zero attached hydrogens (tertiary/aromatic N) is 1. The van der Waals surface area contributed by atoms with E-state index in [1.165, 1.54) is 7.11 Å². The first kappa shape index (κ1) is 15.1. The highest BCUT2D eigenvalue weighted by atomic mass is 35.5. The van der Waals surface area contributed by atoms with Crippen molar-refractivity contribution >= 4 is 34.7 Å². The molecule has 1 saturated carbocycles. The van der Waals surface area contributed by atoms with Crippen molar-refractivity contribution in [3.05, 3.63) is 39.8 Å². The molecular formula is C15H16ClN3O2S. The predicted molar refractivity (Wildman–Crippen MR) is 87.7 cm³/mol. The van der Waals surface area contributed by atoms with Crippen LogP contribution in [0.4, 0.5) is 10.5 Å². The fourth-order valence-corrected chi connectivity index (χ4v) is 3.35. The van der Waals surface area contributed by atoms with Crippen LogP contribution in [0.5, 0.6) is 5.75 Å². The Morgan fingerprint density at radius 1 is 1.50 bits per heavy atom. The topological polar surface area (TPSA) is 63.2 Å². The number of carbonyl (C=O) groups excluding carboxylic acids is 1. The number of halogens is 1. The minimum Gasteiger partial charge on any atom is -0.493 e. The molecule has 116 valence electrons. The fourth-order valence-electron chi connectivity index (χ4n) is 2.31. The zero-order valence-electron chi connectivity index (χ0n) is 12.0. The standard InChI is InChI=1S/C15H16ClN3O2S/c1-21-13-10(16)3-2-4-11(13)18-15(20)19-12(9-5-6-9)14-17-7-8-22-14/h2-4,7-9,12H,5-6H2,1H3,(H2,18,19,20)/t12-/m1/s1. The van der Waals surface area contributed by atoms with E-state index in [4.69, 9.17) is 16.3 Å². The highest BCUT2D eigenvalue weighted by Crippen LogP contribution is 2.41. The Labute approximate surface area is 137 Å². The average Bonchev–Trinajstić information content (AvgIpc) is 3.19. The van der Waals surface area contributed by atoms with Gasteiger partial charge in [0.25, 0.3) is 0 Å². The van der Waals surface area contributed by atoms with Crippen molar-refractivity contribution in [3.63, 3.8) is 0 Å². The SMILES string of the molecule is COc1c(Cl)cccc1NC(=O)N[C@@H](c1nccs1)C1CC1. The monoisotopic (exact) mass is 337 g/mol.